The second-order valence-electron chi connectivity index (χ2n) is 3.74. The van der Waals surface area contributed by atoms with E-state index in [0.29, 0.717) is 16.5 Å². The lowest BCUT2D eigenvalue weighted by Gasteiger charge is -2.16. The van der Waals surface area contributed by atoms with Crippen LogP contribution in [-0.4, -0.2) is 14.2 Å². The minimum absolute atomic E-state index is 0. The van der Waals surface area contributed by atoms with E-state index in [1.54, 1.807) is 25.6 Å². The summed E-state index contributed by atoms with van der Waals surface area (Å²) in [6.07, 6.45) is 0. The molecular formula is C13H15Cl2NO2S. The molecule has 2 N–H and O–H groups in total. The van der Waals surface area contributed by atoms with Gasteiger partial charge in [-0.15, -0.1) is 12.4 Å². The summed E-state index contributed by atoms with van der Waals surface area (Å²) in [6.45, 7) is 0. The number of ether oxygens (including phenoxy) is 2. The van der Waals surface area contributed by atoms with Gasteiger partial charge in [-0.25, -0.2) is 0 Å². The van der Waals surface area contributed by atoms with Gasteiger partial charge in [-0.3, -0.25) is 0 Å². The Kier molecular flexibility index (Phi) is 5.94. The van der Waals surface area contributed by atoms with Crippen LogP contribution in [-0.2, 0) is 0 Å². The van der Waals surface area contributed by atoms with E-state index in [1.165, 1.54) is 0 Å². The van der Waals surface area contributed by atoms with Crippen molar-refractivity contribution in [1.29, 1.82) is 0 Å². The average molecular weight is 320 g/mol. The van der Waals surface area contributed by atoms with Crippen molar-refractivity contribution in [2.24, 2.45) is 5.73 Å². The molecule has 0 aliphatic rings. The molecule has 2 rings (SSSR count). The molecule has 0 radical (unpaired) electrons. The summed E-state index contributed by atoms with van der Waals surface area (Å²) < 4.78 is 10.5. The van der Waals surface area contributed by atoms with Gasteiger partial charge in [-0.05, 0) is 34.0 Å². The Morgan fingerprint density at radius 1 is 1.21 bits per heavy atom. The second-order valence-corrected chi connectivity index (χ2v) is 4.90. The summed E-state index contributed by atoms with van der Waals surface area (Å²) >= 11 is 7.93. The molecule has 0 bridgehead atoms. The van der Waals surface area contributed by atoms with Crippen molar-refractivity contribution in [3.05, 3.63) is 45.1 Å². The molecule has 1 aromatic heterocycles. The molecule has 2 aromatic rings. The van der Waals surface area contributed by atoms with Crippen LogP contribution in [0.4, 0.5) is 0 Å². The highest BCUT2D eigenvalue weighted by Gasteiger charge is 2.18. The topological polar surface area (TPSA) is 44.5 Å². The lowest BCUT2D eigenvalue weighted by molar-refractivity contribution is 0.354. The second kappa shape index (κ2) is 7.01. The van der Waals surface area contributed by atoms with Gasteiger partial charge in [0.2, 0.25) is 0 Å². The third kappa shape index (κ3) is 3.15. The molecule has 0 fully saturated rings. The van der Waals surface area contributed by atoms with Gasteiger partial charge in [-0.1, -0.05) is 17.7 Å². The van der Waals surface area contributed by atoms with E-state index in [-0.39, 0.29) is 18.4 Å². The van der Waals surface area contributed by atoms with Gasteiger partial charge in [0.05, 0.1) is 25.3 Å². The van der Waals surface area contributed by atoms with E-state index in [9.17, 15) is 0 Å². The van der Waals surface area contributed by atoms with E-state index in [4.69, 9.17) is 26.8 Å². The van der Waals surface area contributed by atoms with Gasteiger partial charge in [-0.2, -0.15) is 11.3 Å². The van der Waals surface area contributed by atoms with Crippen LogP contribution < -0.4 is 15.2 Å². The first-order valence-corrected chi connectivity index (χ1v) is 6.69. The van der Waals surface area contributed by atoms with Gasteiger partial charge in [0.1, 0.15) is 0 Å². The number of hydrogen-bond donors (Lipinski definition) is 1. The van der Waals surface area contributed by atoms with Crippen molar-refractivity contribution in [3.8, 4) is 11.5 Å². The maximum absolute atomic E-state index is 6.32. The highest BCUT2D eigenvalue weighted by molar-refractivity contribution is 7.08. The van der Waals surface area contributed by atoms with Crippen LogP contribution in [0.15, 0.2) is 29.0 Å². The van der Waals surface area contributed by atoms with Gasteiger partial charge in [0.15, 0.2) is 11.5 Å². The van der Waals surface area contributed by atoms with Crippen molar-refractivity contribution in [2.45, 2.75) is 6.04 Å². The number of thiophene rings is 1. The smallest absolute Gasteiger partial charge is 0.179 e. The Hall–Kier alpha value is -0.940. The highest BCUT2D eigenvalue weighted by atomic mass is 35.5. The Morgan fingerprint density at radius 2 is 1.95 bits per heavy atom. The van der Waals surface area contributed by atoms with Crippen LogP contribution in [0.3, 0.4) is 0 Å². The standard InChI is InChI=1S/C13H14ClNO2S.ClH/c1-16-10-4-3-9(11(14)13(10)17-2)12(15)8-5-6-18-7-8;/h3-7,12H,15H2,1-2H3;1H/t12-;/m1./s1. The molecule has 6 heteroatoms. The largest absolute Gasteiger partial charge is 0.493 e. The molecule has 0 saturated carbocycles. The van der Waals surface area contributed by atoms with Crippen LogP contribution in [0.5, 0.6) is 11.5 Å². The third-order valence-electron chi connectivity index (χ3n) is 2.75. The maximum Gasteiger partial charge on any atom is 0.179 e. The number of nitrogens with two attached hydrogens (primary N) is 1. The van der Waals surface area contributed by atoms with Gasteiger partial charge in [0, 0.05) is 0 Å². The molecule has 104 valence electrons. The summed E-state index contributed by atoms with van der Waals surface area (Å²) in [7, 11) is 3.14. The summed E-state index contributed by atoms with van der Waals surface area (Å²) in [6, 6.07) is 5.41. The van der Waals surface area contributed by atoms with Gasteiger partial charge in [0.25, 0.3) is 0 Å². The summed E-state index contributed by atoms with van der Waals surface area (Å²) in [4.78, 5) is 0. The zero-order chi connectivity index (χ0) is 13.1. The summed E-state index contributed by atoms with van der Waals surface area (Å²) in [5, 5.41) is 4.50. The fourth-order valence-corrected chi connectivity index (χ4v) is 2.82. The van der Waals surface area contributed by atoms with Crippen LogP contribution in [0.2, 0.25) is 5.02 Å². The van der Waals surface area contributed by atoms with Gasteiger partial charge >= 0.3 is 0 Å². The predicted octanol–water partition coefficient (Wildman–Crippen LogP) is 3.89. The van der Waals surface area contributed by atoms with Crippen molar-refractivity contribution >= 4 is 35.3 Å². The zero-order valence-corrected chi connectivity index (χ0v) is 12.9. The van der Waals surface area contributed by atoms with E-state index < -0.39 is 0 Å². The molecule has 0 aliphatic heterocycles. The van der Waals surface area contributed by atoms with Crippen LogP contribution in [0.25, 0.3) is 0 Å². The van der Waals surface area contributed by atoms with E-state index in [0.717, 1.165) is 11.1 Å². The number of halogens is 2. The van der Waals surface area contributed by atoms with Crippen LogP contribution in [0.1, 0.15) is 17.2 Å². The maximum atomic E-state index is 6.32. The van der Waals surface area contributed by atoms with E-state index in [2.05, 4.69) is 0 Å². The molecule has 0 unspecified atom stereocenters. The normalized spacial score (nSPS) is 11.6. The Bertz CT molecular complexity index is 532. The first kappa shape index (κ1) is 16.1. The summed E-state index contributed by atoms with van der Waals surface area (Å²) in [5.74, 6) is 1.12. The lowest BCUT2D eigenvalue weighted by atomic mass is 10.0. The predicted molar refractivity (Wildman–Crippen MR) is 82.2 cm³/mol. The van der Waals surface area contributed by atoms with Crippen molar-refractivity contribution in [2.75, 3.05) is 14.2 Å². The summed E-state index contributed by atoms with van der Waals surface area (Å²) in [5.41, 5.74) is 8.07. The van der Waals surface area contributed by atoms with E-state index >= 15 is 0 Å². The van der Waals surface area contributed by atoms with Crippen molar-refractivity contribution in [3.63, 3.8) is 0 Å². The molecule has 19 heavy (non-hydrogen) atoms. The minimum Gasteiger partial charge on any atom is -0.493 e. The van der Waals surface area contributed by atoms with Crippen molar-refractivity contribution in [1.82, 2.24) is 0 Å². The lowest BCUT2D eigenvalue weighted by Crippen LogP contribution is -2.12. The molecule has 0 aliphatic carbocycles. The molecular weight excluding hydrogens is 305 g/mol. The number of benzene rings is 1. The fraction of sp³-hybridized carbons (Fsp3) is 0.231. The molecule has 1 atom stereocenters. The zero-order valence-electron chi connectivity index (χ0n) is 10.6. The third-order valence-corrected chi connectivity index (χ3v) is 3.84. The van der Waals surface area contributed by atoms with Crippen LogP contribution in [0, 0.1) is 0 Å². The van der Waals surface area contributed by atoms with Crippen molar-refractivity contribution < 1.29 is 9.47 Å². The Balaban J connectivity index is 0.00000180. The van der Waals surface area contributed by atoms with Gasteiger partial charge < -0.3 is 15.2 Å². The SMILES string of the molecule is COc1ccc([C@H](N)c2ccsc2)c(Cl)c1OC.Cl. The quantitative estimate of drug-likeness (QED) is 0.929. The number of rotatable bonds is 4. The number of hydrogen-bond acceptors (Lipinski definition) is 4. The molecule has 1 aromatic carbocycles. The van der Waals surface area contributed by atoms with Crippen LogP contribution >= 0.6 is 35.3 Å². The minimum atomic E-state index is -0.261. The molecule has 0 amide bonds. The first-order valence-electron chi connectivity index (χ1n) is 5.37. The fourth-order valence-electron chi connectivity index (χ4n) is 1.78. The highest BCUT2D eigenvalue weighted by Crippen LogP contribution is 2.40. The molecule has 1 heterocycles. The van der Waals surface area contributed by atoms with E-state index in [1.807, 2.05) is 29.0 Å². The molecule has 0 spiro atoms. The molecule has 0 saturated heterocycles. The first-order chi connectivity index (χ1) is 8.69. The average Bonchev–Trinajstić information content (AvgIpc) is 2.91. The number of methoxy groups -OCH3 is 2. The monoisotopic (exact) mass is 319 g/mol. The Labute approximate surface area is 127 Å². The Morgan fingerprint density at radius 3 is 2.47 bits per heavy atom. The molecule has 3 nitrogen and oxygen atoms in total.